The van der Waals surface area contributed by atoms with Crippen LogP contribution < -0.4 is 14.8 Å². The summed E-state index contributed by atoms with van der Waals surface area (Å²) in [6, 6.07) is 16.4. The van der Waals surface area contributed by atoms with Crippen LogP contribution in [0.1, 0.15) is 43.4 Å². The van der Waals surface area contributed by atoms with Crippen LogP contribution in [0.2, 0.25) is 0 Å². The summed E-state index contributed by atoms with van der Waals surface area (Å²) < 4.78 is 10.7. The first-order chi connectivity index (χ1) is 14.6. The molecule has 1 saturated heterocycles. The molecule has 162 valence electrons. The zero-order chi connectivity index (χ0) is 21.3. The molecule has 1 fully saturated rings. The number of hydrogen-bond donors (Lipinski definition) is 1. The van der Waals surface area contributed by atoms with E-state index in [9.17, 15) is 4.79 Å². The molecule has 1 aliphatic rings. The van der Waals surface area contributed by atoms with Gasteiger partial charge in [-0.2, -0.15) is 0 Å². The second-order valence-corrected chi connectivity index (χ2v) is 8.13. The Kier molecular flexibility index (Phi) is 8.14. The topological polar surface area (TPSA) is 50.8 Å². The molecule has 1 aliphatic heterocycles. The maximum Gasteiger partial charge on any atom is 0.220 e. The fourth-order valence-electron chi connectivity index (χ4n) is 4.10. The first-order valence-corrected chi connectivity index (χ1v) is 10.9. The van der Waals surface area contributed by atoms with Crippen LogP contribution in [0.15, 0.2) is 48.5 Å². The van der Waals surface area contributed by atoms with E-state index >= 15 is 0 Å². The number of benzene rings is 2. The molecule has 2 aromatic rings. The van der Waals surface area contributed by atoms with Gasteiger partial charge >= 0.3 is 0 Å². The summed E-state index contributed by atoms with van der Waals surface area (Å²) in [5.74, 6) is 2.40. The Morgan fingerprint density at radius 2 is 1.83 bits per heavy atom. The number of piperidine rings is 1. The van der Waals surface area contributed by atoms with Gasteiger partial charge in [0.25, 0.3) is 0 Å². The van der Waals surface area contributed by atoms with Crippen LogP contribution in [0.3, 0.4) is 0 Å². The number of hydrogen-bond acceptors (Lipinski definition) is 4. The van der Waals surface area contributed by atoms with E-state index in [1.54, 1.807) is 14.2 Å². The second kappa shape index (κ2) is 11.0. The minimum absolute atomic E-state index is 0.0613. The summed E-state index contributed by atoms with van der Waals surface area (Å²) in [5.41, 5.74) is 2.25. The van der Waals surface area contributed by atoms with Gasteiger partial charge in [-0.05, 0) is 67.6 Å². The Balaban J connectivity index is 1.59. The molecule has 2 aromatic carbocycles. The number of amides is 1. The molecule has 5 heteroatoms. The van der Waals surface area contributed by atoms with Gasteiger partial charge in [0.15, 0.2) is 0 Å². The van der Waals surface area contributed by atoms with Crippen molar-refractivity contribution in [1.82, 2.24) is 10.2 Å². The standard InChI is InChI=1S/C25H34N2O3/c1-19-13-15-27(16-14-19)23(20-7-5-4-6-8-20)18-26-25(28)12-9-21-17-22(29-2)10-11-24(21)30-3/h4-8,10-11,17,19,23H,9,12-16,18H2,1-3H3,(H,26,28). The lowest BCUT2D eigenvalue weighted by atomic mass is 9.95. The normalized spacial score (nSPS) is 16.1. The van der Waals surface area contributed by atoms with Gasteiger partial charge in [0.2, 0.25) is 5.91 Å². The highest BCUT2D eigenvalue weighted by molar-refractivity contribution is 5.76. The quantitative estimate of drug-likeness (QED) is 0.672. The van der Waals surface area contributed by atoms with Gasteiger partial charge < -0.3 is 14.8 Å². The van der Waals surface area contributed by atoms with Crippen LogP contribution in [0.5, 0.6) is 11.5 Å². The van der Waals surface area contributed by atoms with E-state index in [-0.39, 0.29) is 11.9 Å². The van der Waals surface area contributed by atoms with Crippen molar-refractivity contribution in [2.45, 2.75) is 38.6 Å². The molecule has 0 aromatic heterocycles. The van der Waals surface area contributed by atoms with Gasteiger partial charge in [-0.15, -0.1) is 0 Å². The number of rotatable bonds is 9. The lowest BCUT2D eigenvalue weighted by Crippen LogP contribution is -2.42. The summed E-state index contributed by atoms with van der Waals surface area (Å²) in [6.45, 7) is 5.12. The number of ether oxygens (including phenoxy) is 2. The molecule has 1 heterocycles. The number of nitrogens with one attached hydrogen (secondary N) is 1. The lowest BCUT2D eigenvalue weighted by molar-refractivity contribution is -0.121. The Hall–Kier alpha value is -2.53. The highest BCUT2D eigenvalue weighted by Crippen LogP contribution is 2.27. The predicted molar refractivity (Wildman–Crippen MR) is 120 cm³/mol. The van der Waals surface area contributed by atoms with Gasteiger partial charge in [0.1, 0.15) is 11.5 Å². The smallest absolute Gasteiger partial charge is 0.220 e. The highest BCUT2D eigenvalue weighted by Gasteiger charge is 2.25. The Labute approximate surface area is 180 Å². The molecular formula is C25H34N2O3. The number of aryl methyl sites for hydroxylation is 1. The molecule has 1 N–H and O–H groups in total. The molecule has 0 bridgehead atoms. The van der Waals surface area contributed by atoms with Crippen molar-refractivity contribution in [2.75, 3.05) is 33.9 Å². The van der Waals surface area contributed by atoms with Crippen molar-refractivity contribution in [3.63, 3.8) is 0 Å². The summed E-state index contributed by atoms with van der Waals surface area (Å²) in [7, 11) is 3.29. The SMILES string of the molecule is COc1ccc(OC)c(CCC(=O)NCC(c2ccccc2)N2CCC(C)CC2)c1. The van der Waals surface area contributed by atoms with E-state index in [0.29, 0.717) is 19.4 Å². The minimum Gasteiger partial charge on any atom is -0.497 e. The van der Waals surface area contributed by atoms with Crippen LogP contribution >= 0.6 is 0 Å². The fraction of sp³-hybridized carbons (Fsp3) is 0.480. The summed E-state index contributed by atoms with van der Waals surface area (Å²) in [6.07, 6.45) is 3.46. The van der Waals surface area contributed by atoms with E-state index in [2.05, 4.69) is 41.4 Å². The molecule has 1 unspecified atom stereocenters. The number of likely N-dealkylation sites (tertiary alicyclic amines) is 1. The molecule has 0 radical (unpaired) electrons. The van der Waals surface area contributed by atoms with E-state index in [1.165, 1.54) is 18.4 Å². The molecule has 5 nitrogen and oxygen atoms in total. The molecule has 0 saturated carbocycles. The average molecular weight is 411 g/mol. The van der Waals surface area contributed by atoms with E-state index in [4.69, 9.17) is 9.47 Å². The fourth-order valence-corrected chi connectivity index (χ4v) is 4.10. The van der Waals surface area contributed by atoms with Crippen LogP contribution in [0.25, 0.3) is 0 Å². The minimum atomic E-state index is 0.0613. The highest BCUT2D eigenvalue weighted by atomic mass is 16.5. The first-order valence-electron chi connectivity index (χ1n) is 10.9. The van der Waals surface area contributed by atoms with Crippen molar-refractivity contribution in [3.8, 4) is 11.5 Å². The van der Waals surface area contributed by atoms with Gasteiger partial charge in [-0.25, -0.2) is 0 Å². The zero-order valence-corrected chi connectivity index (χ0v) is 18.4. The van der Waals surface area contributed by atoms with Crippen LogP contribution in [-0.2, 0) is 11.2 Å². The van der Waals surface area contributed by atoms with Gasteiger partial charge in [-0.1, -0.05) is 37.3 Å². The third-order valence-electron chi connectivity index (χ3n) is 6.04. The molecule has 1 atom stereocenters. The van der Waals surface area contributed by atoms with Crippen LogP contribution in [0.4, 0.5) is 0 Å². The van der Waals surface area contributed by atoms with E-state index in [0.717, 1.165) is 36.1 Å². The van der Waals surface area contributed by atoms with Crippen LogP contribution in [0, 0.1) is 5.92 Å². The molecule has 3 rings (SSSR count). The molecule has 30 heavy (non-hydrogen) atoms. The Morgan fingerprint density at radius 1 is 1.10 bits per heavy atom. The van der Waals surface area contributed by atoms with Gasteiger partial charge in [0.05, 0.1) is 20.3 Å². The number of methoxy groups -OCH3 is 2. The van der Waals surface area contributed by atoms with E-state index in [1.807, 2.05) is 24.3 Å². The maximum atomic E-state index is 12.6. The monoisotopic (exact) mass is 410 g/mol. The largest absolute Gasteiger partial charge is 0.497 e. The lowest BCUT2D eigenvalue weighted by Gasteiger charge is -2.37. The van der Waals surface area contributed by atoms with Crippen molar-refractivity contribution in [3.05, 3.63) is 59.7 Å². The van der Waals surface area contributed by atoms with Crippen molar-refractivity contribution < 1.29 is 14.3 Å². The predicted octanol–water partition coefficient (Wildman–Crippen LogP) is 4.23. The van der Waals surface area contributed by atoms with Crippen molar-refractivity contribution in [1.29, 1.82) is 0 Å². The molecular weight excluding hydrogens is 376 g/mol. The van der Waals surface area contributed by atoms with Crippen molar-refractivity contribution >= 4 is 5.91 Å². The van der Waals surface area contributed by atoms with Crippen molar-refractivity contribution in [2.24, 2.45) is 5.92 Å². The third kappa shape index (κ3) is 5.99. The molecule has 0 spiro atoms. The average Bonchev–Trinajstić information content (AvgIpc) is 2.79. The molecule has 0 aliphatic carbocycles. The first kappa shape index (κ1) is 22.2. The van der Waals surface area contributed by atoms with E-state index < -0.39 is 0 Å². The summed E-state index contributed by atoms with van der Waals surface area (Å²) >= 11 is 0. The van der Waals surface area contributed by atoms with Crippen LogP contribution in [-0.4, -0.2) is 44.7 Å². The summed E-state index contributed by atoms with van der Waals surface area (Å²) in [5, 5.41) is 3.17. The zero-order valence-electron chi connectivity index (χ0n) is 18.4. The second-order valence-electron chi connectivity index (χ2n) is 8.13. The van der Waals surface area contributed by atoms with Gasteiger partial charge in [0, 0.05) is 13.0 Å². The Morgan fingerprint density at radius 3 is 2.50 bits per heavy atom. The number of carbonyl (C=O) groups is 1. The summed E-state index contributed by atoms with van der Waals surface area (Å²) in [4.78, 5) is 15.2. The maximum absolute atomic E-state index is 12.6. The Bertz CT molecular complexity index is 801. The number of nitrogens with zero attached hydrogens (tertiary/aromatic N) is 1. The van der Waals surface area contributed by atoms with Gasteiger partial charge in [-0.3, -0.25) is 9.69 Å². The number of carbonyl (C=O) groups excluding carboxylic acids is 1. The molecule has 1 amide bonds. The third-order valence-corrected chi connectivity index (χ3v) is 6.04.